The molecule has 2 aromatic heterocycles. The van der Waals surface area contributed by atoms with E-state index in [0.29, 0.717) is 12.2 Å². The van der Waals surface area contributed by atoms with Crippen molar-refractivity contribution < 1.29 is 17.9 Å². The summed E-state index contributed by atoms with van der Waals surface area (Å²) in [6.45, 7) is 3.84. The van der Waals surface area contributed by atoms with E-state index in [1.165, 1.54) is 24.1 Å². The number of rotatable bonds is 5. The molecule has 0 saturated heterocycles. The Bertz CT molecular complexity index is 817. The van der Waals surface area contributed by atoms with Crippen LogP contribution in [0.4, 0.5) is 10.7 Å². The molecule has 0 fully saturated rings. The minimum absolute atomic E-state index is 0.0756. The molecule has 0 spiro atoms. The molecule has 10 nitrogen and oxygen atoms in total. The number of methoxy groups -OCH3 is 1. The maximum Gasteiger partial charge on any atom is 0.335 e. The van der Waals surface area contributed by atoms with E-state index < -0.39 is 16.1 Å². The van der Waals surface area contributed by atoms with Crippen LogP contribution in [0.15, 0.2) is 23.6 Å². The fraction of sp³-hybridized carbons (Fsp3) is 0.333. The average molecular weight is 340 g/mol. The van der Waals surface area contributed by atoms with Crippen LogP contribution in [0.25, 0.3) is 0 Å². The quantitative estimate of drug-likeness (QED) is 0.812. The summed E-state index contributed by atoms with van der Waals surface area (Å²) in [5.74, 6) is 0.172. The van der Waals surface area contributed by atoms with E-state index in [1.807, 2.05) is 4.72 Å². The molecule has 2 aromatic rings. The largest absolute Gasteiger partial charge is 0.481 e. The summed E-state index contributed by atoms with van der Waals surface area (Å²) in [4.78, 5) is 23.5. The maximum atomic E-state index is 12.1. The molecule has 2 rings (SSSR count). The average Bonchev–Trinajstić information content (AvgIpc) is 2.95. The van der Waals surface area contributed by atoms with Gasteiger partial charge in [0.05, 0.1) is 7.11 Å². The van der Waals surface area contributed by atoms with Gasteiger partial charge in [-0.3, -0.25) is 5.32 Å². The first kappa shape index (κ1) is 16.7. The third-order valence-electron chi connectivity index (χ3n) is 2.75. The van der Waals surface area contributed by atoms with E-state index in [1.54, 1.807) is 19.9 Å². The van der Waals surface area contributed by atoms with Crippen LogP contribution in [-0.2, 0) is 16.6 Å². The van der Waals surface area contributed by atoms with Crippen LogP contribution in [0.3, 0.4) is 0 Å². The zero-order valence-corrected chi connectivity index (χ0v) is 13.6. The molecule has 0 aliphatic carbocycles. The van der Waals surface area contributed by atoms with E-state index in [4.69, 9.17) is 4.74 Å². The van der Waals surface area contributed by atoms with Gasteiger partial charge in [-0.1, -0.05) is 0 Å². The predicted molar refractivity (Wildman–Crippen MR) is 80.6 cm³/mol. The third-order valence-corrected chi connectivity index (χ3v) is 4.03. The van der Waals surface area contributed by atoms with Crippen LogP contribution in [0.1, 0.15) is 12.6 Å². The number of hydrogen-bond donors (Lipinski definition) is 2. The highest BCUT2D eigenvalue weighted by molar-refractivity contribution is 7.89. The Kier molecular flexibility index (Phi) is 4.79. The van der Waals surface area contributed by atoms with Crippen molar-refractivity contribution in [2.45, 2.75) is 25.5 Å². The van der Waals surface area contributed by atoms with Gasteiger partial charge in [0.1, 0.15) is 0 Å². The number of ether oxygens (including phenoxy) is 1. The second kappa shape index (κ2) is 6.60. The number of anilines is 1. The number of aryl methyl sites for hydroxylation is 2. The Hall–Kier alpha value is -2.69. The van der Waals surface area contributed by atoms with Crippen LogP contribution in [0.2, 0.25) is 0 Å². The fourth-order valence-corrected chi connectivity index (χ4v) is 2.86. The van der Waals surface area contributed by atoms with Gasteiger partial charge in [0.15, 0.2) is 0 Å². The number of nitrogens with zero attached hydrogens (tertiary/aromatic N) is 4. The van der Waals surface area contributed by atoms with Crippen LogP contribution in [0.5, 0.6) is 5.88 Å². The Morgan fingerprint density at radius 3 is 2.78 bits per heavy atom. The molecule has 2 heterocycles. The zero-order valence-electron chi connectivity index (χ0n) is 12.8. The molecule has 0 saturated carbocycles. The van der Waals surface area contributed by atoms with Crippen LogP contribution < -0.4 is 14.8 Å². The summed E-state index contributed by atoms with van der Waals surface area (Å²) in [7, 11) is -2.68. The molecule has 0 radical (unpaired) electrons. The maximum absolute atomic E-state index is 12.1. The molecule has 2 N–H and O–H groups in total. The van der Waals surface area contributed by atoms with Crippen LogP contribution in [0, 0.1) is 6.92 Å². The number of imidazole rings is 1. The summed E-state index contributed by atoms with van der Waals surface area (Å²) in [6.07, 6.45) is 2.84. The summed E-state index contributed by atoms with van der Waals surface area (Å²) >= 11 is 0. The van der Waals surface area contributed by atoms with Crippen molar-refractivity contribution in [2.24, 2.45) is 0 Å². The van der Waals surface area contributed by atoms with Crippen molar-refractivity contribution in [3.05, 3.63) is 24.2 Å². The third kappa shape index (κ3) is 3.94. The van der Waals surface area contributed by atoms with E-state index in [0.717, 1.165) is 0 Å². The zero-order chi connectivity index (χ0) is 17.0. The van der Waals surface area contributed by atoms with Gasteiger partial charge in [0.25, 0.3) is 10.0 Å². The summed E-state index contributed by atoms with van der Waals surface area (Å²) in [6, 6.07) is 0.570. The van der Waals surface area contributed by atoms with Crippen molar-refractivity contribution >= 4 is 22.0 Å². The molecular weight excluding hydrogens is 324 g/mol. The number of nitrogens with one attached hydrogen (secondary N) is 2. The van der Waals surface area contributed by atoms with Gasteiger partial charge in [0.2, 0.25) is 17.0 Å². The van der Waals surface area contributed by atoms with E-state index >= 15 is 0 Å². The molecule has 0 unspecified atom stereocenters. The number of amides is 2. The highest BCUT2D eigenvalue weighted by Crippen LogP contribution is 2.11. The van der Waals surface area contributed by atoms with Crippen LogP contribution >= 0.6 is 0 Å². The lowest BCUT2D eigenvalue weighted by atomic mass is 10.4. The van der Waals surface area contributed by atoms with Gasteiger partial charge in [-0.25, -0.2) is 19.5 Å². The minimum atomic E-state index is -4.10. The first-order valence-electron chi connectivity index (χ1n) is 6.60. The van der Waals surface area contributed by atoms with E-state index in [9.17, 15) is 13.2 Å². The lowest BCUT2D eigenvalue weighted by Crippen LogP contribution is -2.36. The van der Waals surface area contributed by atoms with Crippen molar-refractivity contribution in [1.29, 1.82) is 0 Å². The number of carbonyl (C=O) groups is 1. The molecule has 2 amide bonds. The standard InChI is InChI=1S/C12H16N6O4S/c1-4-18-6-5-13-12(18)23(20,21)17-11(19)16-10-14-8(2)7-9(15-10)22-3/h5-7H,4H2,1-3H3,(H2,14,15,16,17,19). The van der Waals surface area contributed by atoms with Gasteiger partial charge in [0, 0.05) is 30.7 Å². The fourth-order valence-electron chi connectivity index (χ4n) is 1.77. The molecular formula is C12H16N6O4S. The van der Waals surface area contributed by atoms with Crippen molar-refractivity contribution in [1.82, 2.24) is 24.2 Å². The van der Waals surface area contributed by atoms with Crippen molar-refractivity contribution in [3.63, 3.8) is 0 Å². The smallest absolute Gasteiger partial charge is 0.335 e. The number of hydrogen-bond acceptors (Lipinski definition) is 7. The molecule has 124 valence electrons. The predicted octanol–water partition coefficient (Wildman–Crippen LogP) is 0.520. The van der Waals surface area contributed by atoms with Gasteiger partial charge >= 0.3 is 6.03 Å². The second-order valence-corrected chi connectivity index (χ2v) is 6.01. The number of aromatic nitrogens is 4. The molecule has 0 bridgehead atoms. The molecule has 23 heavy (non-hydrogen) atoms. The van der Waals surface area contributed by atoms with Crippen molar-refractivity contribution in [2.75, 3.05) is 12.4 Å². The van der Waals surface area contributed by atoms with Gasteiger partial charge < -0.3 is 9.30 Å². The SMILES string of the molecule is CCn1ccnc1S(=O)(=O)NC(=O)Nc1nc(C)cc(OC)n1. The summed E-state index contributed by atoms with van der Waals surface area (Å²) < 4.78 is 32.5. The number of carbonyl (C=O) groups excluding carboxylic acids is 1. The summed E-state index contributed by atoms with van der Waals surface area (Å²) in [5, 5.41) is 1.99. The van der Waals surface area contributed by atoms with Crippen LogP contribution in [-0.4, -0.2) is 41.1 Å². The topological polar surface area (TPSA) is 128 Å². The molecule has 0 atom stereocenters. The number of urea groups is 1. The molecule has 0 aliphatic heterocycles. The van der Waals surface area contributed by atoms with Crippen molar-refractivity contribution in [3.8, 4) is 5.88 Å². The first-order valence-corrected chi connectivity index (χ1v) is 8.08. The summed E-state index contributed by atoms with van der Waals surface area (Å²) in [5.41, 5.74) is 0.552. The Labute approximate surface area is 133 Å². The van der Waals surface area contributed by atoms with Gasteiger partial charge in [-0.15, -0.1) is 0 Å². The van der Waals surface area contributed by atoms with E-state index in [2.05, 4.69) is 20.3 Å². The monoisotopic (exact) mass is 340 g/mol. The highest BCUT2D eigenvalue weighted by atomic mass is 32.2. The lowest BCUT2D eigenvalue weighted by Gasteiger charge is -2.09. The van der Waals surface area contributed by atoms with Gasteiger partial charge in [-0.05, 0) is 13.8 Å². The Balaban J connectivity index is 2.15. The second-order valence-electron chi connectivity index (χ2n) is 4.43. The minimum Gasteiger partial charge on any atom is -0.481 e. The Morgan fingerprint density at radius 1 is 1.39 bits per heavy atom. The number of sulfonamides is 1. The normalized spacial score (nSPS) is 11.1. The highest BCUT2D eigenvalue weighted by Gasteiger charge is 2.23. The Morgan fingerprint density at radius 2 is 2.13 bits per heavy atom. The van der Waals surface area contributed by atoms with E-state index in [-0.39, 0.29) is 17.0 Å². The molecule has 0 aliphatic rings. The first-order chi connectivity index (χ1) is 10.9. The molecule has 0 aromatic carbocycles. The molecule has 11 heteroatoms. The van der Waals surface area contributed by atoms with Gasteiger partial charge in [-0.2, -0.15) is 13.4 Å². The lowest BCUT2D eigenvalue weighted by molar-refractivity contribution is 0.256.